The first-order valence-corrected chi connectivity index (χ1v) is 3.82. The fraction of sp³-hybridized carbons (Fsp3) is 0.600. The van der Waals surface area contributed by atoms with Gasteiger partial charge in [-0.25, -0.2) is 0 Å². The van der Waals surface area contributed by atoms with Crippen molar-refractivity contribution in [3.63, 3.8) is 0 Å². The van der Waals surface area contributed by atoms with Gasteiger partial charge in [0.25, 0.3) is 6.04 Å². The second-order valence-electron chi connectivity index (χ2n) is 2.24. The second kappa shape index (κ2) is 3.19. The number of nitro groups is 1. The van der Waals surface area contributed by atoms with E-state index in [2.05, 4.69) is 21.2 Å². The van der Waals surface area contributed by atoms with Crippen LogP contribution in [0.15, 0.2) is 10.7 Å². The highest BCUT2D eigenvalue weighted by Gasteiger charge is 2.33. The van der Waals surface area contributed by atoms with Crippen molar-refractivity contribution in [2.24, 2.45) is 0 Å². The summed E-state index contributed by atoms with van der Waals surface area (Å²) in [4.78, 5) is 9.77. The highest BCUT2D eigenvalue weighted by molar-refractivity contribution is 9.11. The van der Waals surface area contributed by atoms with Crippen molar-refractivity contribution in [2.45, 2.75) is 12.1 Å². The summed E-state index contributed by atoms with van der Waals surface area (Å²) < 4.78 is 0.422. The number of nitrogens with zero attached hydrogens (tertiary/aromatic N) is 1. The molecule has 0 aromatic carbocycles. The van der Waals surface area contributed by atoms with Crippen molar-refractivity contribution in [1.29, 1.82) is 0 Å². The predicted molar refractivity (Wildman–Crippen MR) is 41.8 cm³/mol. The molecule has 0 aromatic rings. The Labute approximate surface area is 71.4 Å². The highest BCUT2D eigenvalue weighted by Crippen LogP contribution is 2.17. The molecule has 62 valence electrons. The van der Waals surface area contributed by atoms with E-state index in [9.17, 15) is 15.2 Å². The van der Waals surface area contributed by atoms with Crippen molar-refractivity contribution in [2.75, 3.05) is 6.54 Å². The maximum atomic E-state index is 10.3. The van der Waals surface area contributed by atoms with E-state index in [0.717, 1.165) is 0 Å². The van der Waals surface area contributed by atoms with Crippen LogP contribution in [0.25, 0.3) is 0 Å². The van der Waals surface area contributed by atoms with Crippen LogP contribution in [0.1, 0.15) is 0 Å². The van der Waals surface area contributed by atoms with Gasteiger partial charge in [0, 0.05) is 15.6 Å². The summed E-state index contributed by atoms with van der Waals surface area (Å²) in [7, 11) is 0. The van der Waals surface area contributed by atoms with Crippen LogP contribution in [0.5, 0.6) is 0 Å². The quantitative estimate of drug-likeness (QED) is 0.478. The van der Waals surface area contributed by atoms with Crippen molar-refractivity contribution in [3.05, 3.63) is 20.8 Å². The summed E-state index contributed by atoms with van der Waals surface area (Å²) in [5, 5.41) is 22.2. The lowest BCUT2D eigenvalue weighted by Gasteiger charge is -2.20. The minimum atomic E-state index is -1.02. The van der Waals surface area contributed by atoms with E-state index in [1.54, 1.807) is 0 Å². The molecular formula is C5H7BrN2O3. The molecule has 2 atom stereocenters. The standard InChI is InChI=1S/C5H7BrN2O3/c6-3-1-7-2-4(5(3)9)8(10)11/h1,4-5,7,9H,2H2/t4-,5+/m1/s1. The molecule has 0 saturated heterocycles. The molecule has 1 heterocycles. The summed E-state index contributed by atoms with van der Waals surface area (Å²) in [5.74, 6) is 0. The monoisotopic (exact) mass is 222 g/mol. The van der Waals surface area contributed by atoms with E-state index >= 15 is 0 Å². The largest absolute Gasteiger partial charge is 0.383 e. The topological polar surface area (TPSA) is 75.4 Å². The first-order chi connectivity index (χ1) is 5.13. The Morgan fingerprint density at radius 3 is 3.00 bits per heavy atom. The lowest BCUT2D eigenvalue weighted by atomic mass is 10.1. The Morgan fingerprint density at radius 1 is 1.91 bits per heavy atom. The molecule has 2 N–H and O–H groups in total. The average molecular weight is 223 g/mol. The van der Waals surface area contributed by atoms with Crippen LogP contribution in [0, 0.1) is 10.1 Å². The molecule has 0 unspecified atom stereocenters. The molecule has 0 bridgehead atoms. The zero-order valence-corrected chi connectivity index (χ0v) is 7.11. The number of nitrogens with one attached hydrogen (secondary N) is 1. The molecule has 6 heteroatoms. The molecule has 0 radical (unpaired) electrons. The van der Waals surface area contributed by atoms with Gasteiger partial charge in [-0.1, -0.05) is 15.9 Å². The van der Waals surface area contributed by atoms with Crippen molar-refractivity contribution < 1.29 is 10.0 Å². The van der Waals surface area contributed by atoms with Crippen LogP contribution in [0.2, 0.25) is 0 Å². The summed E-state index contributed by atoms with van der Waals surface area (Å²) in [6.07, 6.45) is 0.497. The van der Waals surface area contributed by atoms with E-state index in [0.29, 0.717) is 4.48 Å². The Kier molecular flexibility index (Phi) is 2.45. The zero-order chi connectivity index (χ0) is 8.43. The van der Waals surface area contributed by atoms with Crippen LogP contribution < -0.4 is 5.32 Å². The van der Waals surface area contributed by atoms with Crippen molar-refractivity contribution >= 4 is 15.9 Å². The summed E-state index contributed by atoms with van der Waals surface area (Å²) in [6, 6.07) is -0.950. The van der Waals surface area contributed by atoms with Crippen molar-refractivity contribution in [1.82, 2.24) is 5.32 Å². The van der Waals surface area contributed by atoms with E-state index < -0.39 is 17.1 Å². The first-order valence-electron chi connectivity index (χ1n) is 3.03. The maximum Gasteiger partial charge on any atom is 0.260 e. The van der Waals surface area contributed by atoms with Gasteiger partial charge in [-0.15, -0.1) is 0 Å². The number of aliphatic hydroxyl groups is 1. The Hall–Kier alpha value is -0.620. The van der Waals surface area contributed by atoms with E-state index in [1.807, 2.05) is 0 Å². The smallest absolute Gasteiger partial charge is 0.260 e. The zero-order valence-electron chi connectivity index (χ0n) is 5.53. The van der Waals surface area contributed by atoms with Crippen LogP contribution in [-0.4, -0.2) is 28.7 Å². The molecule has 1 rings (SSSR count). The van der Waals surface area contributed by atoms with Crippen LogP contribution in [0.4, 0.5) is 0 Å². The third kappa shape index (κ3) is 1.69. The lowest BCUT2D eigenvalue weighted by Crippen LogP contribution is -2.44. The Bertz CT molecular complexity index is 206. The second-order valence-corrected chi connectivity index (χ2v) is 3.15. The molecule has 0 saturated carbocycles. The fourth-order valence-electron chi connectivity index (χ4n) is 0.848. The SMILES string of the molecule is O=[N+]([O-])[C@@H]1CNC=C(Br)[C@@H]1O. The van der Waals surface area contributed by atoms with Crippen molar-refractivity contribution in [3.8, 4) is 0 Å². The minimum Gasteiger partial charge on any atom is -0.383 e. The van der Waals surface area contributed by atoms with Crippen LogP contribution in [-0.2, 0) is 0 Å². The molecule has 0 spiro atoms. The van der Waals surface area contributed by atoms with Crippen LogP contribution in [0.3, 0.4) is 0 Å². The molecular weight excluding hydrogens is 216 g/mol. The van der Waals surface area contributed by atoms with Gasteiger partial charge in [-0.3, -0.25) is 10.1 Å². The normalized spacial score (nSPS) is 30.5. The van der Waals surface area contributed by atoms with Gasteiger partial charge >= 0.3 is 0 Å². The van der Waals surface area contributed by atoms with E-state index in [4.69, 9.17) is 0 Å². The minimum absolute atomic E-state index is 0.170. The molecule has 0 aliphatic carbocycles. The molecule has 1 aliphatic heterocycles. The average Bonchev–Trinajstić information content (AvgIpc) is 1.94. The van der Waals surface area contributed by atoms with E-state index in [1.165, 1.54) is 6.20 Å². The third-order valence-electron chi connectivity index (χ3n) is 1.48. The van der Waals surface area contributed by atoms with Gasteiger partial charge in [0.15, 0.2) is 6.10 Å². The van der Waals surface area contributed by atoms with Gasteiger partial charge in [-0.2, -0.15) is 0 Å². The predicted octanol–water partition coefficient (Wildman–Crippen LogP) is -0.168. The molecule has 0 fully saturated rings. The number of hydrogen-bond donors (Lipinski definition) is 2. The summed E-state index contributed by atoms with van der Waals surface area (Å²) in [6.45, 7) is 0.170. The van der Waals surface area contributed by atoms with Gasteiger partial charge in [0.05, 0.1) is 6.54 Å². The summed E-state index contributed by atoms with van der Waals surface area (Å²) in [5.41, 5.74) is 0. The number of hydrogen-bond acceptors (Lipinski definition) is 4. The van der Waals surface area contributed by atoms with E-state index in [-0.39, 0.29) is 6.54 Å². The Morgan fingerprint density at radius 2 is 2.55 bits per heavy atom. The van der Waals surface area contributed by atoms with Gasteiger partial charge in [-0.05, 0) is 0 Å². The molecule has 0 aromatic heterocycles. The molecule has 1 aliphatic rings. The highest BCUT2D eigenvalue weighted by atomic mass is 79.9. The molecule has 5 nitrogen and oxygen atoms in total. The number of rotatable bonds is 1. The summed E-state index contributed by atoms with van der Waals surface area (Å²) >= 11 is 3.01. The van der Waals surface area contributed by atoms with Gasteiger partial charge in [0.2, 0.25) is 0 Å². The molecule has 0 amide bonds. The molecule has 11 heavy (non-hydrogen) atoms. The fourth-order valence-corrected chi connectivity index (χ4v) is 1.31. The third-order valence-corrected chi connectivity index (χ3v) is 2.18. The first kappa shape index (κ1) is 8.48. The van der Waals surface area contributed by atoms with Gasteiger partial charge in [0.1, 0.15) is 0 Å². The number of aliphatic hydroxyl groups excluding tert-OH is 1. The number of halogens is 1. The Balaban J connectivity index is 2.72. The van der Waals surface area contributed by atoms with Crippen LogP contribution >= 0.6 is 15.9 Å². The maximum absolute atomic E-state index is 10.3. The van der Waals surface area contributed by atoms with Gasteiger partial charge < -0.3 is 10.4 Å². The lowest BCUT2D eigenvalue weighted by molar-refractivity contribution is -0.530.